The predicted molar refractivity (Wildman–Crippen MR) is 64.1 cm³/mol. The summed E-state index contributed by atoms with van der Waals surface area (Å²) in [5.41, 5.74) is 0. The number of hydrogen-bond donors (Lipinski definition) is 0. The van der Waals surface area contributed by atoms with Crippen LogP contribution >= 0.6 is 15.9 Å². The quantitative estimate of drug-likeness (QED) is 0.540. The summed E-state index contributed by atoms with van der Waals surface area (Å²) in [6, 6.07) is 0. The molecule has 0 amide bonds. The van der Waals surface area contributed by atoms with Crippen molar-refractivity contribution in [2.75, 3.05) is 38.7 Å². The zero-order valence-electron chi connectivity index (χ0n) is 9.17. The van der Waals surface area contributed by atoms with E-state index in [9.17, 15) is 0 Å². The first-order valence-electron chi connectivity index (χ1n) is 5.64. The fraction of sp³-hybridized carbons (Fsp3) is 1.00. The van der Waals surface area contributed by atoms with E-state index in [-0.39, 0.29) is 0 Å². The number of hydrogen-bond acceptors (Lipinski definition) is 2. The maximum Gasteiger partial charge on any atom is 0.0474 e. The van der Waals surface area contributed by atoms with E-state index in [0.717, 1.165) is 17.9 Å². The van der Waals surface area contributed by atoms with Gasteiger partial charge in [0.05, 0.1) is 0 Å². The number of methoxy groups -OCH3 is 1. The highest BCUT2D eigenvalue weighted by Crippen LogP contribution is 2.20. The van der Waals surface area contributed by atoms with E-state index in [1.165, 1.54) is 45.3 Å². The number of piperidine rings is 1. The molecular weight excluding hydrogens is 242 g/mol. The van der Waals surface area contributed by atoms with Crippen LogP contribution in [-0.2, 0) is 4.74 Å². The van der Waals surface area contributed by atoms with Gasteiger partial charge in [-0.05, 0) is 38.1 Å². The van der Waals surface area contributed by atoms with Crippen LogP contribution < -0.4 is 0 Å². The molecule has 1 saturated heterocycles. The lowest BCUT2D eigenvalue weighted by Crippen LogP contribution is -2.36. The zero-order valence-corrected chi connectivity index (χ0v) is 10.8. The second-order valence-corrected chi connectivity index (χ2v) is 4.93. The molecule has 0 bridgehead atoms. The molecule has 1 fully saturated rings. The highest BCUT2D eigenvalue weighted by atomic mass is 79.9. The van der Waals surface area contributed by atoms with Crippen LogP contribution in [0.2, 0.25) is 0 Å². The minimum absolute atomic E-state index is 0.902. The summed E-state index contributed by atoms with van der Waals surface area (Å²) in [6.07, 6.45) is 5.31. The Morgan fingerprint density at radius 1 is 1.50 bits per heavy atom. The standard InChI is InChI=1S/C11H22BrNO/c1-14-9-3-8-13-7-2-4-11(10-13)5-6-12/h11H,2-10H2,1H3. The summed E-state index contributed by atoms with van der Waals surface area (Å²) in [5.74, 6) is 0.922. The Labute approximate surface area is 96.1 Å². The number of ether oxygens (including phenoxy) is 1. The van der Waals surface area contributed by atoms with Gasteiger partial charge in [-0.25, -0.2) is 0 Å². The molecule has 0 aromatic heterocycles. The van der Waals surface area contributed by atoms with Crippen LogP contribution in [0.1, 0.15) is 25.7 Å². The van der Waals surface area contributed by atoms with Gasteiger partial charge >= 0.3 is 0 Å². The molecule has 0 aromatic rings. The van der Waals surface area contributed by atoms with E-state index >= 15 is 0 Å². The zero-order chi connectivity index (χ0) is 10.2. The molecule has 1 aliphatic rings. The van der Waals surface area contributed by atoms with Gasteiger partial charge in [0, 0.05) is 32.1 Å². The SMILES string of the molecule is COCCCN1CCCC(CCBr)C1. The number of rotatable bonds is 6. The van der Waals surface area contributed by atoms with E-state index in [1.807, 2.05) is 0 Å². The lowest BCUT2D eigenvalue weighted by Gasteiger charge is -2.32. The Kier molecular flexibility index (Phi) is 6.82. The van der Waals surface area contributed by atoms with Crippen molar-refractivity contribution in [1.82, 2.24) is 4.90 Å². The Balaban J connectivity index is 2.12. The number of likely N-dealkylation sites (tertiary alicyclic amines) is 1. The molecule has 1 aliphatic heterocycles. The summed E-state index contributed by atoms with van der Waals surface area (Å²) in [4.78, 5) is 2.59. The van der Waals surface area contributed by atoms with Gasteiger partial charge in [0.2, 0.25) is 0 Å². The molecule has 0 radical (unpaired) electrons. The van der Waals surface area contributed by atoms with Crippen molar-refractivity contribution in [3.05, 3.63) is 0 Å². The van der Waals surface area contributed by atoms with Gasteiger partial charge in [-0.1, -0.05) is 15.9 Å². The van der Waals surface area contributed by atoms with Crippen LogP contribution in [0.3, 0.4) is 0 Å². The van der Waals surface area contributed by atoms with E-state index in [1.54, 1.807) is 7.11 Å². The van der Waals surface area contributed by atoms with E-state index < -0.39 is 0 Å². The first-order chi connectivity index (χ1) is 6.86. The largest absolute Gasteiger partial charge is 0.385 e. The van der Waals surface area contributed by atoms with Gasteiger partial charge in [0.15, 0.2) is 0 Å². The van der Waals surface area contributed by atoms with Gasteiger partial charge in [0.1, 0.15) is 0 Å². The summed E-state index contributed by atoms with van der Waals surface area (Å²) in [7, 11) is 1.78. The highest BCUT2D eigenvalue weighted by Gasteiger charge is 2.18. The van der Waals surface area contributed by atoms with Crippen LogP contribution in [0.25, 0.3) is 0 Å². The molecule has 0 saturated carbocycles. The van der Waals surface area contributed by atoms with Crippen molar-refractivity contribution in [3.63, 3.8) is 0 Å². The minimum Gasteiger partial charge on any atom is -0.385 e. The Bertz CT molecular complexity index is 141. The van der Waals surface area contributed by atoms with Crippen LogP contribution in [0.15, 0.2) is 0 Å². The van der Waals surface area contributed by atoms with Crippen molar-refractivity contribution < 1.29 is 4.74 Å². The summed E-state index contributed by atoms with van der Waals surface area (Å²) < 4.78 is 5.07. The average molecular weight is 264 g/mol. The first kappa shape index (κ1) is 12.5. The topological polar surface area (TPSA) is 12.5 Å². The molecule has 0 aromatic carbocycles. The molecule has 0 aliphatic carbocycles. The van der Waals surface area contributed by atoms with Gasteiger partial charge in [-0.3, -0.25) is 0 Å². The number of nitrogens with zero attached hydrogens (tertiary/aromatic N) is 1. The Morgan fingerprint density at radius 3 is 3.07 bits per heavy atom. The average Bonchev–Trinajstić information content (AvgIpc) is 2.19. The molecule has 14 heavy (non-hydrogen) atoms. The van der Waals surface area contributed by atoms with Crippen molar-refractivity contribution in [2.45, 2.75) is 25.7 Å². The summed E-state index contributed by atoms with van der Waals surface area (Å²) in [5, 5.41) is 1.16. The van der Waals surface area contributed by atoms with Crippen molar-refractivity contribution >= 4 is 15.9 Å². The molecule has 1 atom stereocenters. The molecule has 0 spiro atoms. The summed E-state index contributed by atoms with van der Waals surface area (Å²) >= 11 is 3.53. The first-order valence-corrected chi connectivity index (χ1v) is 6.76. The molecule has 0 N–H and O–H groups in total. The maximum absolute atomic E-state index is 5.07. The fourth-order valence-electron chi connectivity index (χ4n) is 2.18. The Hall–Kier alpha value is 0.400. The van der Waals surface area contributed by atoms with E-state index in [2.05, 4.69) is 20.8 Å². The lowest BCUT2D eigenvalue weighted by atomic mass is 9.95. The predicted octanol–water partition coefficient (Wildman–Crippen LogP) is 2.52. The van der Waals surface area contributed by atoms with Crippen LogP contribution in [0, 0.1) is 5.92 Å². The lowest BCUT2D eigenvalue weighted by molar-refractivity contribution is 0.140. The van der Waals surface area contributed by atoms with E-state index in [0.29, 0.717) is 0 Å². The number of halogens is 1. The molecule has 2 nitrogen and oxygen atoms in total. The monoisotopic (exact) mass is 263 g/mol. The fourth-order valence-corrected chi connectivity index (χ4v) is 2.82. The van der Waals surface area contributed by atoms with Gasteiger partial charge in [0.25, 0.3) is 0 Å². The Morgan fingerprint density at radius 2 is 2.36 bits per heavy atom. The van der Waals surface area contributed by atoms with Crippen molar-refractivity contribution in [2.24, 2.45) is 5.92 Å². The van der Waals surface area contributed by atoms with Gasteiger partial charge in [-0.15, -0.1) is 0 Å². The second kappa shape index (κ2) is 7.66. The highest BCUT2D eigenvalue weighted by molar-refractivity contribution is 9.09. The smallest absolute Gasteiger partial charge is 0.0474 e. The third kappa shape index (κ3) is 4.76. The second-order valence-electron chi connectivity index (χ2n) is 4.13. The van der Waals surface area contributed by atoms with Crippen LogP contribution in [-0.4, -0.2) is 43.6 Å². The number of alkyl halides is 1. The van der Waals surface area contributed by atoms with Crippen LogP contribution in [0.5, 0.6) is 0 Å². The van der Waals surface area contributed by atoms with Gasteiger partial charge < -0.3 is 9.64 Å². The molecular formula is C11H22BrNO. The van der Waals surface area contributed by atoms with Gasteiger partial charge in [-0.2, -0.15) is 0 Å². The summed E-state index contributed by atoms with van der Waals surface area (Å²) in [6.45, 7) is 4.71. The van der Waals surface area contributed by atoms with Crippen molar-refractivity contribution in [3.8, 4) is 0 Å². The van der Waals surface area contributed by atoms with Crippen LogP contribution in [0.4, 0.5) is 0 Å². The minimum atomic E-state index is 0.902. The normalized spacial score (nSPS) is 24.0. The molecule has 1 rings (SSSR count). The third-order valence-corrected chi connectivity index (χ3v) is 3.40. The molecule has 1 heterocycles. The third-order valence-electron chi connectivity index (χ3n) is 2.94. The van der Waals surface area contributed by atoms with E-state index in [4.69, 9.17) is 4.74 Å². The molecule has 1 unspecified atom stereocenters. The van der Waals surface area contributed by atoms with Crippen molar-refractivity contribution in [1.29, 1.82) is 0 Å². The maximum atomic E-state index is 5.07. The molecule has 3 heteroatoms. The molecule has 84 valence electrons.